The second-order valence-corrected chi connectivity index (χ2v) is 4.20. The van der Waals surface area contributed by atoms with Crippen molar-refractivity contribution in [2.24, 2.45) is 0 Å². The van der Waals surface area contributed by atoms with Crippen LogP contribution in [-0.2, 0) is 14.3 Å². The molecule has 0 aliphatic carbocycles. The Morgan fingerprint density at radius 3 is 2.42 bits per heavy atom. The third kappa shape index (κ3) is 10.9. The van der Waals surface area contributed by atoms with Gasteiger partial charge in [-0.25, -0.2) is 0 Å². The van der Waals surface area contributed by atoms with Crippen LogP contribution in [0.4, 0.5) is 0 Å². The Kier molecular flexibility index (Phi) is 13.2. The molecule has 0 spiro atoms. The molecule has 6 heteroatoms. The van der Waals surface area contributed by atoms with Crippen LogP contribution in [0.25, 0.3) is 0 Å². The van der Waals surface area contributed by atoms with E-state index in [2.05, 4.69) is 6.92 Å². The van der Waals surface area contributed by atoms with Crippen molar-refractivity contribution in [3.8, 4) is 0 Å². The zero-order valence-electron chi connectivity index (χ0n) is 11.8. The van der Waals surface area contributed by atoms with E-state index < -0.39 is 0 Å². The molecule has 0 fully saturated rings. The van der Waals surface area contributed by atoms with E-state index in [4.69, 9.17) is 19.7 Å². The van der Waals surface area contributed by atoms with E-state index in [0.717, 1.165) is 19.3 Å². The van der Waals surface area contributed by atoms with Gasteiger partial charge in [0.1, 0.15) is 6.61 Å². The molecule has 1 amide bonds. The highest BCUT2D eigenvalue weighted by molar-refractivity contribution is 5.77. The SMILES string of the molecule is CCCCCOCC(=O)N(CCO)CCOCCO. The quantitative estimate of drug-likeness (QED) is 0.464. The Morgan fingerprint density at radius 1 is 1.00 bits per heavy atom. The molecule has 0 bridgehead atoms. The van der Waals surface area contributed by atoms with Gasteiger partial charge in [0.2, 0.25) is 5.91 Å². The number of rotatable bonds is 13. The Morgan fingerprint density at radius 2 is 1.79 bits per heavy atom. The fraction of sp³-hybridized carbons (Fsp3) is 0.923. The number of unbranched alkanes of at least 4 members (excludes halogenated alkanes) is 2. The van der Waals surface area contributed by atoms with Crippen molar-refractivity contribution in [2.75, 3.05) is 52.7 Å². The summed E-state index contributed by atoms with van der Waals surface area (Å²) in [4.78, 5) is 13.3. The van der Waals surface area contributed by atoms with Crippen LogP contribution in [0.3, 0.4) is 0 Å². The second-order valence-electron chi connectivity index (χ2n) is 4.20. The predicted octanol–water partition coefficient (Wildman–Crippen LogP) is 0.0230. The van der Waals surface area contributed by atoms with Crippen LogP contribution in [0.1, 0.15) is 26.2 Å². The summed E-state index contributed by atoms with van der Waals surface area (Å²) in [5, 5.41) is 17.5. The third-order valence-electron chi connectivity index (χ3n) is 2.58. The summed E-state index contributed by atoms with van der Waals surface area (Å²) < 4.78 is 10.4. The molecule has 0 rings (SSSR count). The molecule has 0 saturated heterocycles. The Hall–Kier alpha value is -0.690. The summed E-state index contributed by atoms with van der Waals surface area (Å²) in [6, 6.07) is 0. The predicted molar refractivity (Wildman–Crippen MR) is 71.9 cm³/mol. The molecule has 6 nitrogen and oxygen atoms in total. The van der Waals surface area contributed by atoms with Gasteiger partial charge < -0.3 is 24.6 Å². The minimum atomic E-state index is -0.141. The molecular weight excluding hydrogens is 250 g/mol. The zero-order chi connectivity index (χ0) is 14.3. The van der Waals surface area contributed by atoms with Gasteiger partial charge in [0.25, 0.3) is 0 Å². The van der Waals surface area contributed by atoms with Gasteiger partial charge in [-0.3, -0.25) is 4.79 Å². The number of carbonyl (C=O) groups excluding carboxylic acids is 1. The van der Waals surface area contributed by atoms with Crippen LogP contribution >= 0.6 is 0 Å². The first-order valence-corrected chi connectivity index (χ1v) is 6.91. The maximum Gasteiger partial charge on any atom is 0.248 e. The van der Waals surface area contributed by atoms with Gasteiger partial charge in [-0.1, -0.05) is 19.8 Å². The van der Waals surface area contributed by atoms with Gasteiger partial charge in [0, 0.05) is 19.7 Å². The summed E-state index contributed by atoms with van der Waals surface area (Å²) in [6.45, 7) is 3.92. The van der Waals surface area contributed by atoms with Crippen molar-refractivity contribution in [1.29, 1.82) is 0 Å². The van der Waals surface area contributed by atoms with Crippen LogP contribution in [-0.4, -0.2) is 73.8 Å². The normalized spacial score (nSPS) is 10.7. The number of aliphatic hydroxyl groups excluding tert-OH is 2. The molecule has 0 heterocycles. The Labute approximate surface area is 115 Å². The lowest BCUT2D eigenvalue weighted by Crippen LogP contribution is -2.38. The minimum Gasteiger partial charge on any atom is -0.395 e. The number of hydrogen-bond acceptors (Lipinski definition) is 5. The molecule has 0 unspecified atom stereocenters. The lowest BCUT2D eigenvalue weighted by atomic mass is 10.3. The van der Waals surface area contributed by atoms with Crippen LogP contribution < -0.4 is 0 Å². The van der Waals surface area contributed by atoms with Crippen molar-refractivity contribution in [3.05, 3.63) is 0 Å². The standard InChI is InChI=1S/C13H27NO5/c1-2-3-4-9-19-12-13(17)14(5-7-15)6-10-18-11-8-16/h15-16H,2-12H2,1H3. The van der Waals surface area contributed by atoms with E-state index in [0.29, 0.717) is 19.8 Å². The smallest absolute Gasteiger partial charge is 0.248 e. The van der Waals surface area contributed by atoms with Crippen LogP contribution in [0, 0.1) is 0 Å². The Bertz CT molecular complexity index is 213. The minimum absolute atomic E-state index is 0.0332. The van der Waals surface area contributed by atoms with Gasteiger partial charge in [-0.05, 0) is 6.42 Å². The highest BCUT2D eigenvalue weighted by Gasteiger charge is 2.12. The van der Waals surface area contributed by atoms with Crippen LogP contribution in [0.15, 0.2) is 0 Å². The van der Waals surface area contributed by atoms with Crippen LogP contribution in [0.5, 0.6) is 0 Å². The molecule has 0 saturated carbocycles. The lowest BCUT2D eigenvalue weighted by Gasteiger charge is -2.21. The molecular formula is C13H27NO5. The summed E-state index contributed by atoms with van der Waals surface area (Å²) in [6.07, 6.45) is 3.18. The molecule has 2 N–H and O–H groups in total. The number of amides is 1. The van der Waals surface area contributed by atoms with Gasteiger partial charge in [0.05, 0.1) is 26.4 Å². The molecule has 0 aliphatic heterocycles. The molecule has 0 atom stereocenters. The first-order chi connectivity index (χ1) is 9.26. The van der Waals surface area contributed by atoms with E-state index >= 15 is 0 Å². The molecule has 0 aromatic heterocycles. The van der Waals surface area contributed by atoms with E-state index in [1.54, 1.807) is 0 Å². The fourth-order valence-corrected chi connectivity index (χ4v) is 1.53. The molecule has 0 aromatic rings. The van der Waals surface area contributed by atoms with Gasteiger partial charge in [-0.2, -0.15) is 0 Å². The van der Waals surface area contributed by atoms with Crippen molar-refractivity contribution in [2.45, 2.75) is 26.2 Å². The molecule has 114 valence electrons. The average Bonchev–Trinajstić information content (AvgIpc) is 2.42. The summed E-state index contributed by atoms with van der Waals surface area (Å²) in [7, 11) is 0. The van der Waals surface area contributed by atoms with E-state index in [9.17, 15) is 4.79 Å². The number of nitrogens with zero attached hydrogens (tertiary/aromatic N) is 1. The monoisotopic (exact) mass is 277 g/mol. The fourth-order valence-electron chi connectivity index (χ4n) is 1.53. The van der Waals surface area contributed by atoms with Crippen molar-refractivity contribution in [1.82, 2.24) is 4.90 Å². The first-order valence-electron chi connectivity index (χ1n) is 6.91. The van der Waals surface area contributed by atoms with Crippen molar-refractivity contribution in [3.63, 3.8) is 0 Å². The van der Waals surface area contributed by atoms with E-state index in [-0.39, 0.29) is 38.9 Å². The molecule has 19 heavy (non-hydrogen) atoms. The summed E-state index contributed by atoms with van der Waals surface area (Å²) in [5.74, 6) is -0.141. The number of carbonyl (C=O) groups is 1. The molecule has 0 radical (unpaired) electrons. The van der Waals surface area contributed by atoms with Gasteiger partial charge in [0.15, 0.2) is 0 Å². The highest BCUT2D eigenvalue weighted by atomic mass is 16.5. The summed E-state index contributed by atoms with van der Waals surface area (Å²) in [5.41, 5.74) is 0. The molecule has 0 aromatic carbocycles. The molecule has 0 aliphatic rings. The summed E-state index contributed by atoms with van der Waals surface area (Å²) >= 11 is 0. The number of ether oxygens (including phenoxy) is 2. The topological polar surface area (TPSA) is 79.2 Å². The maximum atomic E-state index is 11.8. The number of aliphatic hydroxyl groups is 2. The van der Waals surface area contributed by atoms with E-state index in [1.165, 1.54) is 4.90 Å². The third-order valence-corrected chi connectivity index (χ3v) is 2.58. The van der Waals surface area contributed by atoms with Crippen molar-refractivity contribution < 1.29 is 24.5 Å². The largest absolute Gasteiger partial charge is 0.395 e. The first kappa shape index (κ1) is 18.3. The van der Waals surface area contributed by atoms with Crippen LogP contribution in [0.2, 0.25) is 0 Å². The number of hydrogen-bond donors (Lipinski definition) is 2. The maximum absolute atomic E-state index is 11.8. The highest BCUT2D eigenvalue weighted by Crippen LogP contribution is 1.96. The lowest BCUT2D eigenvalue weighted by molar-refractivity contribution is -0.137. The Balaban J connectivity index is 3.76. The zero-order valence-corrected chi connectivity index (χ0v) is 11.8. The van der Waals surface area contributed by atoms with Gasteiger partial charge >= 0.3 is 0 Å². The van der Waals surface area contributed by atoms with Crippen molar-refractivity contribution >= 4 is 5.91 Å². The van der Waals surface area contributed by atoms with Gasteiger partial charge in [-0.15, -0.1) is 0 Å². The second kappa shape index (κ2) is 13.7. The van der Waals surface area contributed by atoms with E-state index in [1.807, 2.05) is 0 Å². The average molecular weight is 277 g/mol.